The van der Waals surface area contributed by atoms with Gasteiger partial charge in [0.2, 0.25) is 0 Å². The fourth-order valence-electron chi connectivity index (χ4n) is 2.39. The van der Waals surface area contributed by atoms with Gasteiger partial charge in [0.15, 0.2) is 0 Å². The van der Waals surface area contributed by atoms with Crippen LogP contribution in [0.2, 0.25) is 0 Å². The smallest absolute Gasteiger partial charge is 0.271 e. The quantitative estimate of drug-likeness (QED) is 0.395. The van der Waals surface area contributed by atoms with E-state index in [-0.39, 0.29) is 11.7 Å². The molecule has 0 bridgehead atoms. The van der Waals surface area contributed by atoms with Crippen molar-refractivity contribution in [2.24, 2.45) is 5.10 Å². The van der Waals surface area contributed by atoms with Gasteiger partial charge in [0.1, 0.15) is 11.5 Å². The maximum Gasteiger partial charge on any atom is 0.271 e. The highest BCUT2D eigenvalue weighted by molar-refractivity contribution is 6.00. The summed E-state index contributed by atoms with van der Waals surface area (Å²) in [5.41, 5.74) is 4.55. The second kappa shape index (κ2) is 10.2. The van der Waals surface area contributed by atoms with Crippen LogP contribution in [0, 0.1) is 0 Å². The second-order valence-electron chi connectivity index (χ2n) is 6.12. The molecule has 26 heavy (non-hydrogen) atoms. The third-order valence-electron chi connectivity index (χ3n) is 3.99. The minimum atomic E-state index is -0.280. The number of aromatic hydroxyl groups is 1. The van der Waals surface area contributed by atoms with E-state index >= 15 is 0 Å². The van der Waals surface area contributed by atoms with Gasteiger partial charge in [0.25, 0.3) is 5.91 Å². The zero-order valence-electron chi connectivity index (χ0n) is 15.4. The average molecular weight is 354 g/mol. The van der Waals surface area contributed by atoms with Gasteiger partial charge in [-0.3, -0.25) is 4.79 Å². The van der Waals surface area contributed by atoms with Gasteiger partial charge in [-0.15, -0.1) is 0 Å². The van der Waals surface area contributed by atoms with E-state index < -0.39 is 0 Å². The molecule has 5 nitrogen and oxygen atoms in total. The molecule has 0 radical (unpaired) electrons. The third-order valence-corrected chi connectivity index (χ3v) is 3.99. The molecule has 1 amide bonds. The number of nitrogens with one attached hydrogen (secondary N) is 1. The Kier molecular flexibility index (Phi) is 7.68. The first-order valence-electron chi connectivity index (χ1n) is 8.97. The van der Waals surface area contributed by atoms with E-state index in [1.807, 2.05) is 0 Å². The number of hydrogen-bond acceptors (Lipinski definition) is 4. The lowest BCUT2D eigenvalue weighted by atomic mass is 10.1. The molecule has 0 aromatic heterocycles. The number of carbonyl (C=O) groups excluding carboxylic acids is 1. The number of benzene rings is 2. The topological polar surface area (TPSA) is 70.9 Å². The summed E-state index contributed by atoms with van der Waals surface area (Å²) in [6, 6.07) is 13.7. The lowest BCUT2D eigenvalue weighted by molar-refractivity contribution is 0.0955. The van der Waals surface area contributed by atoms with Gasteiger partial charge in [-0.05, 0) is 67.4 Å². The van der Waals surface area contributed by atoms with Gasteiger partial charge in [-0.25, -0.2) is 5.43 Å². The Hall–Kier alpha value is -2.82. The number of rotatable bonds is 9. The number of phenolic OH excluding ortho intramolecular Hbond substituents is 1. The van der Waals surface area contributed by atoms with Crippen LogP contribution in [0.3, 0.4) is 0 Å². The van der Waals surface area contributed by atoms with E-state index in [4.69, 9.17) is 4.74 Å². The summed E-state index contributed by atoms with van der Waals surface area (Å²) in [4.78, 5) is 12.2. The predicted octanol–water partition coefficient (Wildman–Crippen LogP) is 4.51. The van der Waals surface area contributed by atoms with Gasteiger partial charge in [-0.2, -0.15) is 5.10 Å². The Labute approximate surface area is 154 Å². The van der Waals surface area contributed by atoms with E-state index in [1.165, 1.54) is 19.3 Å². The molecule has 2 aromatic rings. The highest BCUT2D eigenvalue weighted by atomic mass is 16.5. The lowest BCUT2D eigenvalue weighted by Crippen LogP contribution is -2.19. The summed E-state index contributed by atoms with van der Waals surface area (Å²) in [6.45, 7) is 4.67. The molecule has 2 rings (SSSR count). The number of ether oxygens (including phenoxy) is 1. The Bertz CT molecular complexity index is 722. The van der Waals surface area contributed by atoms with Crippen LogP contribution in [0.15, 0.2) is 53.6 Å². The van der Waals surface area contributed by atoms with Crippen molar-refractivity contribution in [3.63, 3.8) is 0 Å². The molecular formula is C21H26N2O3. The Morgan fingerprint density at radius 3 is 2.31 bits per heavy atom. The van der Waals surface area contributed by atoms with Crippen molar-refractivity contribution in [2.75, 3.05) is 6.61 Å². The summed E-state index contributed by atoms with van der Waals surface area (Å²) in [6.07, 6.45) is 4.65. The summed E-state index contributed by atoms with van der Waals surface area (Å²) in [5.74, 6) is 0.678. The van der Waals surface area contributed by atoms with Crippen molar-refractivity contribution in [2.45, 2.75) is 39.5 Å². The Morgan fingerprint density at radius 2 is 1.65 bits per heavy atom. The number of amides is 1. The zero-order valence-corrected chi connectivity index (χ0v) is 15.4. The zero-order chi connectivity index (χ0) is 18.8. The van der Waals surface area contributed by atoms with Gasteiger partial charge in [0, 0.05) is 5.56 Å². The molecule has 0 aliphatic rings. The fraction of sp³-hybridized carbons (Fsp3) is 0.333. The number of phenols is 1. The minimum absolute atomic E-state index is 0.193. The van der Waals surface area contributed by atoms with Crippen molar-refractivity contribution in [1.29, 1.82) is 0 Å². The predicted molar refractivity (Wildman–Crippen MR) is 104 cm³/mol. The molecule has 0 saturated carbocycles. The van der Waals surface area contributed by atoms with E-state index in [0.717, 1.165) is 17.7 Å². The molecule has 0 heterocycles. The molecule has 2 aromatic carbocycles. The van der Waals surface area contributed by atoms with Crippen molar-refractivity contribution in [3.05, 3.63) is 59.7 Å². The van der Waals surface area contributed by atoms with E-state index in [0.29, 0.717) is 17.9 Å². The highest BCUT2D eigenvalue weighted by Crippen LogP contribution is 2.13. The van der Waals surface area contributed by atoms with Crippen LogP contribution in [-0.4, -0.2) is 23.3 Å². The largest absolute Gasteiger partial charge is 0.508 e. The Morgan fingerprint density at radius 1 is 1.00 bits per heavy atom. The molecule has 5 heteroatoms. The molecule has 0 fully saturated rings. The third kappa shape index (κ3) is 6.24. The second-order valence-corrected chi connectivity index (χ2v) is 6.12. The summed E-state index contributed by atoms with van der Waals surface area (Å²) >= 11 is 0. The van der Waals surface area contributed by atoms with E-state index in [9.17, 15) is 9.90 Å². The number of carbonyl (C=O) groups is 1. The molecule has 0 spiro atoms. The van der Waals surface area contributed by atoms with Gasteiger partial charge >= 0.3 is 0 Å². The summed E-state index contributed by atoms with van der Waals surface area (Å²) in [5, 5.41) is 13.4. The number of unbranched alkanes of at least 4 members (excludes halogenated alkanes) is 3. The Balaban J connectivity index is 1.85. The first kappa shape index (κ1) is 19.5. The van der Waals surface area contributed by atoms with Gasteiger partial charge < -0.3 is 9.84 Å². The molecular weight excluding hydrogens is 328 g/mol. The number of hydrazone groups is 1. The van der Waals surface area contributed by atoms with Crippen molar-refractivity contribution < 1.29 is 14.6 Å². The van der Waals surface area contributed by atoms with Crippen molar-refractivity contribution in [1.82, 2.24) is 5.43 Å². The maximum atomic E-state index is 12.2. The normalized spacial score (nSPS) is 11.2. The SMILES string of the molecule is CCCCCCOc1ccc(C(=O)N/N=C(\C)c2ccc(O)cc2)cc1. The van der Waals surface area contributed by atoms with Crippen LogP contribution in [0.4, 0.5) is 0 Å². The number of hydrogen-bond donors (Lipinski definition) is 2. The van der Waals surface area contributed by atoms with Crippen LogP contribution in [0.1, 0.15) is 55.5 Å². The van der Waals surface area contributed by atoms with Crippen LogP contribution in [0.5, 0.6) is 11.5 Å². The minimum Gasteiger partial charge on any atom is -0.508 e. The molecule has 0 saturated heterocycles. The lowest BCUT2D eigenvalue weighted by Gasteiger charge is -2.07. The van der Waals surface area contributed by atoms with Gasteiger partial charge in [-0.1, -0.05) is 26.2 Å². The molecule has 2 N–H and O–H groups in total. The molecule has 0 atom stereocenters. The van der Waals surface area contributed by atoms with Crippen molar-refractivity contribution >= 4 is 11.6 Å². The number of nitrogens with zero attached hydrogens (tertiary/aromatic N) is 1. The van der Waals surface area contributed by atoms with Crippen LogP contribution >= 0.6 is 0 Å². The van der Waals surface area contributed by atoms with Crippen LogP contribution in [-0.2, 0) is 0 Å². The molecule has 0 aliphatic heterocycles. The van der Waals surface area contributed by atoms with Gasteiger partial charge in [0.05, 0.1) is 12.3 Å². The maximum absolute atomic E-state index is 12.2. The molecule has 0 unspecified atom stereocenters. The molecule has 0 aliphatic carbocycles. The average Bonchev–Trinajstić information content (AvgIpc) is 2.66. The first-order valence-corrected chi connectivity index (χ1v) is 8.97. The van der Waals surface area contributed by atoms with E-state index in [1.54, 1.807) is 55.5 Å². The summed E-state index contributed by atoms with van der Waals surface area (Å²) < 4.78 is 5.67. The van der Waals surface area contributed by atoms with E-state index in [2.05, 4.69) is 17.5 Å². The fourth-order valence-corrected chi connectivity index (χ4v) is 2.39. The molecule has 138 valence electrons. The highest BCUT2D eigenvalue weighted by Gasteiger charge is 2.05. The standard InChI is InChI=1S/C21H26N2O3/c1-3-4-5-6-15-26-20-13-9-18(10-14-20)21(25)23-22-16(2)17-7-11-19(24)12-8-17/h7-14,24H,3-6,15H2,1-2H3,(H,23,25)/b22-16+. The van der Waals surface area contributed by atoms with Crippen LogP contribution in [0.25, 0.3) is 0 Å². The van der Waals surface area contributed by atoms with Crippen molar-refractivity contribution in [3.8, 4) is 11.5 Å². The van der Waals surface area contributed by atoms with Crippen LogP contribution < -0.4 is 10.2 Å². The summed E-state index contributed by atoms with van der Waals surface area (Å²) in [7, 11) is 0. The first-order chi connectivity index (χ1) is 12.6. The monoisotopic (exact) mass is 354 g/mol.